The number of hydrogen-bond acceptors (Lipinski definition) is 8. The first kappa shape index (κ1) is 46.7. The van der Waals surface area contributed by atoms with E-state index < -0.39 is 59.2 Å². The van der Waals surface area contributed by atoms with Gasteiger partial charge in [0.1, 0.15) is 5.78 Å². The van der Waals surface area contributed by atoms with Crippen LogP contribution in [0.1, 0.15) is 96.6 Å². The fourth-order valence-corrected chi connectivity index (χ4v) is 6.34. The van der Waals surface area contributed by atoms with Crippen LogP contribution in [0.25, 0.3) is 0 Å². The smallest absolute Gasteiger partial charge is 0.432 e. The molecule has 0 amide bonds. The number of carbonyl (C=O) groups is 3. The molecule has 54 heavy (non-hydrogen) atoms. The Bertz CT molecular complexity index is 1450. The molecule has 1 N–H and O–H groups in total. The highest BCUT2D eigenvalue weighted by Gasteiger charge is 2.65. The zero-order valence-corrected chi connectivity index (χ0v) is 31.9. The van der Waals surface area contributed by atoms with Crippen molar-refractivity contribution in [1.29, 1.82) is 0 Å². The summed E-state index contributed by atoms with van der Waals surface area (Å²) in [6, 6.07) is 13.1. The Morgan fingerprint density at radius 1 is 0.648 bits per heavy atom. The SMILES string of the molecule is COC(C(=O)OCC[C@@H](C)C(=O)CC[C@H](C)CCC[C@](C)(O)CCC[C@@H](C)COC(=O)C(OC)(c1ccccc1)C(F)(F)F)(c1ccccc1)C(F)(F)F. The van der Waals surface area contributed by atoms with Crippen LogP contribution in [0.2, 0.25) is 0 Å². The second-order valence-electron chi connectivity index (χ2n) is 14.4. The van der Waals surface area contributed by atoms with Gasteiger partial charge in [0, 0.05) is 37.7 Å². The Balaban J connectivity index is 1.72. The van der Waals surface area contributed by atoms with Gasteiger partial charge in [-0.2, -0.15) is 26.3 Å². The molecule has 0 spiro atoms. The molecule has 0 aromatic heterocycles. The number of carbonyl (C=O) groups excluding carboxylic acids is 3. The number of methoxy groups -OCH3 is 2. The third-order valence-electron chi connectivity index (χ3n) is 9.89. The number of ketones is 1. The molecule has 0 aliphatic carbocycles. The van der Waals surface area contributed by atoms with Gasteiger partial charge in [0.15, 0.2) is 0 Å². The van der Waals surface area contributed by atoms with Gasteiger partial charge < -0.3 is 24.1 Å². The summed E-state index contributed by atoms with van der Waals surface area (Å²) in [6.07, 6.45) is -5.92. The van der Waals surface area contributed by atoms with Crippen LogP contribution >= 0.6 is 0 Å². The summed E-state index contributed by atoms with van der Waals surface area (Å²) in [5, 5.41) is 10.9. The lowest BCUT2D eigenvalue weighted by atomic mass is 9.88. The van der Waals surface area contributed by atoms with Crippen LogP contribution in [0.15, 0.2) is 60.7 Å². The van der Waals surface area contributed by atoms with E-state index in [0.29, 0.717) is 38.5 Å². The minimum atomic E-state index is -5.09. The van der Waals surface area contributed by atoms with Crippen LogP contribution in [0.4, 0.5) is 26.3 Å². The Morgan fingerprint density at radius 3 is 1.50 bits per heavy atom. The van der Waals surface area contributed by atoms with Gasteiger partial charge in [-0.1, -0.05) is 101 Å². The summed E-state index contributed by atoms with van der Waals surface area (Å²) >= 11 is 0. The number of hydrogen-bond donors (Lipinski definition) is 1. The van der Waals surface area contributed by atoms with Crippen molar-refractivity contribution in [2.45, 2.75) is 115 Å². The van der Waals surface area contributed by atoms with Crippen LogP contribution < -0.4 is 0 Å². The number of alkyl halides is 6. The van der Waals surface area contributed by atoms with Crippen molar-refractivity contribution >= 4 is 17.7 Å². The molecule has 14 heteroatoms. The normalized spacial score (nSPS) is 17.3. The zero-order chi connectivity index (χ0) is 40.8. The molecule has 0 heterocycles. The van der Waals surface area contributed by atoms with Crippen molar-refractivity contribution in [1.82, 2.24) is 0 Å². The molecule has 0 bridgehead atoms. The van der Waals surface area contributed by atoms with Crippen LogP contribution in [0, 0.1) is 17.8 Å². The first-order chi connectivity index (χ1) is 25.2. The molecule has 8 nitrogen and oxygen atoms in total. The van der Waals surface area contributed by atoms with Crippen molar-refractivity contribution in [3.05, 3.63) is 71.8 Å². The van der Waals surface area contributed by atoms with E-state index in [1.165, 1.54) is 36.4 Å². The predicted molar refractivity (Wildman–Crippen MR) is 189 cm³/mol. The van der Waals surface area contributed by atoms with E-state index >= 15 is 0 Å². The fraction of sp³-hybridized carbons (Fsp3) is 0.625. The maximum Gasteiger partial charge on any atom is 0.432 e. The third kappa shape index (κ3) is 12.3. The van der Waals surface area contributed by atoms with E-state index in [2.05, 4.69) is 0 Å². The standard InChI is InChI=1S/C40H54F6O8/c1-28(21-22-33(47)30(3)23-26-53-34(48)37(51-5,39(41,42)43)31-17-9-7-10-18-31)15-13-24-36(4,50)25-14-16-29(2)27-54-35(49)38(52-6,40(44,45)46)32-19-11-8-12-20-32/h7-12,17-20,28-30,50H,13-16,21-27H2,1-6H3/t28-,29-,30-,36+,37?,38?/m1/s1. The molecule has 2 aromatic rings. The molecule has 0 saturated carbocycles. The van der Waals surface area contributed by atoms with Crippen LogP contribution in [-0.2, 0) is 44.5 Å². The third-order valence-corrected chi connectivity index (χ3v) is 9.89. The number of halogens is 6. The quantitative estimate of drug-likeness (QED) is 0.0881. The van der Waals surface area contributed by atoms with Crippen molar-refractivity contribution in [3.63, 3.8) is 0 Å². The van der Waals surface area contributed by atoms with Gasteiger partial charge in [-0.05, 0) is 50.9 Å². The molecule has 6 atom stereocenters. The summed E-state index contributed by atoms with van der Waals surface area (Å²) in [7, 11) is 1.60. The highest BCUT2D eigenvalue weighted by atomic mass is 19.4. The van der Waals surface area contributed by atoms with Gasteiger partial charge >= 0.3 is 24.3 Å². The van der Waals surface area contributed by atoms with E-state index in [9.17, 15) is 45.8 Å². The monoisotopic (exact) mass is 776 g/mol. The van der Waals surface area contributed by atoms with Crippen LogP contribution in [0.5, 0.6) is 0 Å². The minimum Gasteiger partial charge on any atom is -0.463 e. The lowest BCUT2D eigenvalue weighted by molar-refractivity contribution is -0.277. The largest absolute Gasteiger partial charge is 0.463 e. The molecule has 0 aliphatic rings. The second-order valence-corrected chi connectivity index (χ2v) is 14.4. The summed E-state index contributed by atoms with van der Waals surface area (Å²) in [6.45, 7) is 6.42. The van der Waals surface area contributed by atoms with Gasteiger partial charge in [0.2, 0.25) is 0 Å². The Hall–Kier alpha value is -3.49. The number of benzene rings is 2. The van der Waals surface area contributed by atoms with E-state index in [-0.39, 0.29) is 42.6 Å². The number of Topliss-reactive ketones (excluding diaryl/α,β-unsaturated/α-hetero) is 1. The second kappa shape index (κ2) is 20.4. The topological polar surface area (TPSA) is 108 Å². The highest BCUT2D eigenvalue weighted by Crippen LogP contribution is 2.44. The summed E-state index contributed by atoms with van der Waals surface area (Å²) in [5.41, 5.74) is -8.34. The van der Waals surface area contributed by atoms with Crippen LogP contribution in [-0.4, -0.2) is 68.2 Å². The average molecular weight is 777 g/mol. The van der Waals surface area contributed by atoms with E-state index in [4.69, 9.17) is 18.9 Å². The zero-order valence-electron chi connectivity index (χ0n) is 31.9. The van der Waals surface area contributed by atoms with Gasteiger partial charge in [0.25, 0.3) is 11.2 Å². The summed E-state index contributed by atoms with van der Waals surface area (Å²) in [4.78, 5) is 38.2. The van der Waals surface area contributed by atoms with E-state index in [0.717, 1.165) is 44.9 Å². The van der Waals surface area contributed by atoms with Gasteiger partial charge in [0.05, 0.1) is 18.8 Å². The fourth-order valence-electron chi connectivity index (χ4n) is 6.34. The Morgan fingerprint density at radius 2 is 1.07 bits per heavy atom. The molecule has 304 valence electrons. The lowest BCUT2D eigenvalue weighted by Crippen LogP contribution is -2.52. The maximum atomic E-state index is 14.1. The lowest BCUT2D eigenvalue weighted by Gasteiger charge is -2.32. The molecular weight excluding hydrogens is 722 g/mol. The number of esters is 2. The predicted octanol–water partition coefficient (Wildman–Crippen LogP) is 9.02. The van der Waals surface area contributed by atoms with Gasteiger partial charge in [-0.3, -0.25) is 4.79 Å². The molecule has 0 aliphatic heterocycles. The van der Waals surface area contributed by atoms with Gasteiger partial charge in [-0.25, -0.2) is 9.59 Å². The van der Waals surface area contributed by atoms with Crippen molar-refractivity contribution < 1.29 is 64.8 Å². The Kier molecular flexibility index (Phi) is 17.7. The van der Waals surface area contributed by atoms with Crippen LogP contribution in [0.3, 0.4) is 0 Å². The number of ether oxygens (including phenoxy) is 4. The van der Waals surface area contributed by atoms with Crippen molar-refractivity contribution in [3.8, 4) is 0 Å². The van der Waals surface area contributed by atoms with Crippen molar-refractivity contribution in [2.75, 3.05) is 27.4 Å². The van der Waals surface area contributed by atoms with Gasteiger partial charge in [-0.15, -0.1) is 0 Å². The highest BCUT2D eigenvalue weighted by molar-refractivity contribution is 5.83. The first-order valence-corrected chi connectivity index (χ1v) is 18.1. The molecule has 0 saturated heterocycles. The molecule has 2 aromatic carbocycles. The molecule has 0 radical (unpaired) electrons. The Labute approximate surface area is 313 Å². The molecular formula is C40H54F6O8. The molecule has 0 fully saturated rings. The maximum absolute atomic E-state index is 14.1. The number of aliphatic hydroxyl groups is 1. The molecule has 2 rings (SSSR count). The molecule has 2 unspecified atom stereocenters. The summed E-state index contributed by atoms with van der Waals surface area (Å²) < 4.78 is 104. The minimum absolute atomic E-state index is 0.0461. The van der Waals surface area contributed by atoms with E-state index in [1.807, 2.05) is 6.92 Å². The summed E-state index contributed by atoms with van der Waals surface area (Å²) in [5.74, 6) is -3.93. The van der Waals surface area contributed by atoms with Crippen molar-refractivity contribution in [2.24, 2.45) is 17.8 Å². The van der Waals surface area contributed by atoms with E-state index in [1.54, 1.807) is 20.8 Å². The first-order valence-electron chi connectivity index (χ1n) is 18.1. The number of rotatable bonds is 23. The average Bonchev–Trinajstić information content (AvgIpc) is 3.10.